The smallest absolute Gasteiger partial charge is 0.161 e. The zero-order valence-corrected chi connectivity index (χ0v) is 11.2. The molecule has 0 aromatic carbocycles. The van der Waals surface area contributed by atoms with E-state index in [-0.39, 0.29) is 6.04 Å². The van der Waals surface area contributed by atoms with Crippen molar-refractivity contribution in [2.75, 3.05) is 13.7 Å². The molecule has 2 aromatic heterocycles. The largest absolute Gasteiger partial charge is 0.493 e. The Labute approximate surface area is 107 Å². The molecule has 1 atom stereocenters. The fraction of sp³-hybridized carbons (Fsp3) is 0.500. The van der Waals surface area contributed by atoms with Crippen molar-refractivity contribution in [2.24, 2.45) is 14.1 Å². The molecule has 0 bridgehead atoms. The molecule has 18 heavy (non-hydrogen) atoms. The lowest BCUT2D eigenvalue weighted by Crippen LogP contribution is -2.25. The predicted molar refractivity (Wildman–Crippen MR) is 68.5 cm³/mol. The maximum Gasteiger partial charge on any atom is 0.161 e. The zero-order valence-electron chi connectivity index (χ0n) is 11.2. The molecule has 2 rings (SSSR count). The van der Waals surface area contributed by atoms with Crippen LogP contribution in [-0.2, 0) is 14.1 Å². The molecule has 2 heterocycles. The van der Waals surface area contributed by atoms with Crippen LogP contribution < -0.4 is 10.1 Å². The van der Waals surface area contributed by atoms with Crippen LogP contribution >= 0.6 is 0 Å². The summed E-state index contributed by atoms with van der Waals surface area (Å²) in [6.07, 6.45) is 3.66. The van der Waals surface area contributed by atoms with E-state index in [0.29, 0.717) is 0 Å². The standard InChI is InChI=1S/C12H19N5O/c1-5-13-11(9-6-7-16(2)15-9)12-10(18-4)8-14-17(12)3/h6-8,11,13H,5H2,1-4H3. The average Bonchev–Trinajstić information content (AvgIpc) is 2.93. The van der Waals surface area contributed by atoms with Gasteiger partial charge in [-0.05, 0) is 12.6 Å². The van der Waals surface area contributed by atoms with Crippen molar-refractivity contribution in [1.82, 2.24) is 24.9 Å². The number of nitrogens with zero attached hydrogens (tertiary/aromatic N) is 4. The molecule has 98 valence electrons. The number of nitrogens with one attached hydrogen (secondary N) is 1. The Morgan fingerprint density at radius 2 is 2.22 bits per heavy atom. The fourth-order valence-corrected chi connectivity index (χ4v) is 2.05. The summed E-state index contributed by atoms with van der Waals surface area (Å²) in [5.74, 6) is 0.772. The quantitative estimate of drug-likeness (QED) is 0.854. The highest BCUT2D eigenvalue weighted by molar-refractivity contribution is 5.33. The molecule has 0 amide bonds. The summed E-state index contributed by atoms with van der Waals surface area (Å²) in [5, 5.41) is 12.1. The lowest BCUT2D eigenvalue weighted by atomic mass is 10.1. The number of aromatic nitrogens is 4. The molecule has 0 fully saturated rings. The van der Waals surface area contributed by atoms with E-state index in [1.807, 2.05) is 31.0 Å². The number of ether oxygens (including phenoxy) is 1. The maximum absolute atomic E-state index is 5.36. The van der Waals surface area contributed by atoms with Gasteiger partial charge in [-0.2, -0.15) is 10.2 Å². The Bertz CT molecular complexity index is 516. The first kappa shape index (κ1) is 12.6. The van der Waals surface area contributed by atoms with E-state index in [2.05, 4.69) is 22.4 Å². The van der Waals surface area contributed by atoms with E-state index in [9.17, 15) is 0 Å². The molecular weight excluding hydrogens is 230 g/mol. The van der Waals surface area contributed by atoms with Crippen LogP contribution in [0, 0.1) is 0 Å². The molecule has 0 spiro atoms. The third kappa shape index (κ3) is 2.24. The van der Waals surface area contributed by atoms with Crippen LogP contribution in [0.4, 0.5) is 0 Å². The Hall–Kier alpha value is -1.82. The van der Waals surface area contributed by atoms with E-state index >= 15 is 0 Å². The number of rotatable bonds is 5. The Balaban J connectivity index is 2.43. The van der Waals surface area contributed by atoms with E-state index in [0.717, 1.165) is 23.7 Å². The maximum atomic E-state index is 5.36. The molecule has 0 saturated carbocycles. The van der Waals surface area contributed by atoms with E-state index in [1.54, 1.807) is 18.0 Å². The van der Waals surface area contributed by atoms with Crippen LogP contribution in [0.1, 0.15) is 24.4 Å². The zero-order chi connectivity index (χ0) is 13.1. The number of hydrogen-bond acceptors (Lipinski definition) is 4. The first-order valence-electron chi connectivity index (χ1n) is 5.96. The monoisotopic (exact) mass is 249 g/mol. The van der Waals surface area contributed by atoms with Gasteiger partial charge in [-0.15, -0.1) is 0 Å². The summed E-state index contributed by atoms with van der Waals surface area (Å²) < 4.78 is 8.98. The summed E-state index contributed by atoms with van der Waals surface area (Å²) in [6.45, 7) is 2.91. The van der Waals surface area contributed by atoms with Gasteiger partial charge < -0.3 is 10.1 Å². The van der Waals surface area contributed by atoms with Crippen LogP contribution in [0.2, 0.25) is 0 Å². The normalized spacial score (nSPS) is 12.7. The highest BCUT2D eigenvalue weighted by Gasteiger charge is 2.23. The van der Waals surface area contributed by atoms with Crippen molar-refractivity contribution in [2.45, 2.75) is 13.0 Å². The molecule has 6 nitrogen and oxygen atoms in total. The lowest BCUT2D eigenvalue weighted by molar-refractivity contribution is 0.400. The Morgan fingerprint density at radius 3 is 2.78 bits per heavy atom. The molecule has 0 aliphatic rings. The average molecular weight is 249 g/mol. The summed E-state index contributed by atoms with van der Waals surface area (Å²) in [6, 6.07) is 1.98. The minimum Gasteiger partial charge on any atom is -0.493 e. The molecular formula is C12H19N5O. The summed E-state index contributed by atoms with van der Waals surface area (Å²) in [4.78, 5) is 0. The van der Waals surface area contributed by atoms with Gasteiger partial charge in [0, 0.05) is 20.3 Å². The van der Waals surface area contributed by atoms with Crippen molar-refractivity contribution in [3.63, 3.8) is 0 Å². The van der Waals surface area contributed by atoms with Gasteiger partial charge in [0.05, 0.1) is 25.0 Å². The number of aryl methyl sites for hydroxylation is 2. The van der Waals surface area contributed by atoms with Crippen molar-refractivity contribution < 1.29 is 4.74 Å². The van der Waals surface area contributed by atoms with Crippen LogP contribution in [0.3, 0.4) is 0 Å². The molecule has 2 aromatic rings. The summed E-state index contributed by atoms with van der Waals surface area (Å²) in [7, 11) is 5.47. The van der Waals surface area contributed by atoms with Crippen molar-refractivity contribution in [1.29, 1.82) is 0 Å². The highest BCUT2D eigenvalue weighted by Crippen LogP contribution is 2.28. The topological polar surface area (TPSA) is 56.9 Å². The Morgan fingerprint density at radius 1 is 1.44 bits per heavy atom. The fourth-order valence-electron chi connectivity index (χ4n) is 2.05. The SMILES string of the molecule is CCNC(c1ccn(C)n1)c1c(OC)cnn1C. The second-order valence-corrected chi connectivity index (χ2v) is 4.13. The van der Waals surface area contributed by atoms with E-state index in [1.165, 1.54) is 0 Å². The van der Waals surface area contributed by atoms with Gasteiger partial charge in [-0.25, -0.2) is 0 Å². The lowest BCUT2D eigenvalue weighted by Gasteiger charge is -2.17. The third-order valence-corrected chi connectivity index (χ3v) is 2.88. The molecule has 0 aliphatic carbocycles. The molecule has 1 unspecified atom stereocenters. The minimum atomic E-state index is -0.0151. The first-order chi connectivity index (χ1) is 8.67. The van der Waals surface area contributed by atoms with Crippen molar-refractivity contribution in [3.05, 3.63) is 29.8 Å². The van der Waals surface area contributed by atoms with Crippen LogP contribution in [-0.4, -0.2) is 33.2 Å². The molecule has 0 aliphatic heterocycles. The van der Waals surface area contributed by atoms with Gasteiger partial charge >= 0.3 is 0 Å². The van der Waals surface area contributed by atoms with Crippen LogP contribution in [0.5, 0.6) is 5.75 Å². The van der Waals surface area contributed by atoms with Gasteiger partial charge in [0.1, 0.15) is 5.69 Å². The second kappa shape index (κ2) is 5.22. The number of methoxy groups -OCH3 is 1. The van der Waals surface area contributed by atoms with Gasteiger partial charge in [-0.3, -0.25) is 9.36 Å². The predicted octanol–water partition coefficient (Wildman–Crippen LogP) is 0.861. The third-order valence-electron chi connectivity index (χ3n) is 2.88. The Kier molecular flexibility index (Phi) is 3.66. The van der Waals surface area contributed by atoms with Gasteiger partial charge in [0.2, 0.25) is 0 Å². The number of hydrogen-bond donors (Lipinski definition) is 1. The van der Waals surface area contributed by atoms with E-state index in [4.69, 9.17) is 4.74 Å². The van der Waals surface area contributed by atoms with Crippen molar-refractivity contribution in [3.8, 4) is 5.75 Å². The van der Waals surface area contributed by atoms with Gasteiger partial charge in [0.15, 0.2) is 5.75 Å². The molecule has 1 N–H and O–H groups in total. The van der Waals surface area contributed by atoms with Crippen LogP contribution in [0.15, 0.2) is 18.5 Å². The van der Waals surface area contributed by atoms with E-state index < -0.39 is 0 Å². The first-order valence-corrected chi connectivity index (χ1v) is 5.96. The van der Waals surface area contributed by atoms with Gasteiger partial charge in [-0.1, -0.05) is 6.92 Å². The second-order valence-electron chi connectivity index (χ2n) is 4.13. The molecule has 0 saturated heterocycles. The summed E-state index contributed by atoms with van der Waals surface area (Å²) in [5.41, 5.74) is 1.94. The minimum absolute atomic E-state index is 0.0151. The van der Waals surface area contributed by atoms with Gasteiger partial charge in [0.25, 0.3) is 0 Å². The van der Waals surface area contributed by atoms with Crippen LogP contribution in [0.25, 0.3) is 0 Å². The molecule has 0 radical (unpaired) electrons. The van der Waals surface area contributed by atoms with Crippen molar-refractivity contribution >= 4 is 0 Å². The highest BCUT2D eigenvalue weighted by atomic mass is 16.5. The molecule has 6 heteroatoms. The summed E-state index contributed by atoms with van der Waals surface area (Å²) >= 11 is 0.